The van der Waals surface area contributed by atoms with Crippen molar-refractivity contribution < 1.29 is 15.0 Å². The maximum absolute atomic E-state index is 10.8. The smallest absolute Gasteiger partial charge is 0.331 e. The molecule has 1 aromatic rings. The van der Waals surface area contributed by atoms with Crippen molar-refractivity contribution in [3.63, 3.8) is 0 Å². The van der Waals surface area contributed by atoms with Crippen molar-refractivity contribution in [2.75, 3.05) is 0 Å². The van der Waals surface area contributed by atoms with E-state index in [1.54, 1.807) is 19.1 Å². The molecule has 0 heterocycles. The van der Waals surface area contributed by atoms with Gasteiger partial charge in [0.1, 0.15) is 5.75 Å². The van der Waals surface area contributed by atoms with E-state index in [0.717, 1.165) is 4.47 Å². The molecule has 0 saturated heterocycles. The second kappa shape index (κ2) is 4.98. The number of carbonyl (C=O) groups is 1. The Hall–Kier alpha value is -1.29. The molecule has 1 rings (SSSR count). The number of carboxylic acids is 1. The first-order valence-electron chi connectivity index (χ1n) is 4.47. The average molecular weight is 271 g/mol. The summed E-state index contributed by atoms with van der Waals surface area (Å²) in [7, 11) is 0. The molecular formula is C11H11BrO3. The van der Waals surface area contributed by atoms with E-state index in [9.17, 15) is 9.90 Å². The summed E-state index contributed by atoms with van der Waals surface area (Å²) in [5, 5.41) is 18.3. The zero-order valence-corrected chi connectivity index (χ0v) is 9.78. The molecule has 3 nitrogen and oxygen atoms in total. The SMILES string of the molecule is CCC(=Cc1cc(Br)ccc1O)C(=O)O. The number of benzene rings is 1. The Bertz CT molecular complexity index is 410. The van der Waals surface area contributed by atoms with Crippen molar-refractivity contribution in [3.05, 3.63) is 33.8 Å². The maximum Gasteiger partial charge on any atom is 0.331 e. The highest BCUT2D eigenvalue weighted by Crippen LogP contribution is 2.24. The zero-order valence-electron chi connectivity index (χ0n) is 8.20. The Morgan fingerprint density at radius 1 is 1.53 bits per heavy atom. The highest BCUT2D eigenvalue weighted by atomic mass is 79.9. The number of hydrogen-bond donors (Lipinski definition) is 2. The van der Waals surface area contributed by atoms with Gasteiger partial charge < -0.3 is 10.2 Å². The predicted octanol–water partition coefficient (Wildman–Crippen LogP) is 3.03. The summed E-state index contributed by atoms with van der Waals surface area (Å²) in [6.45, 7) is 1.76. The van der Waals surface area contributed by atoms with Gasteiger partial charge in [-0.2, -0.15) is 0 Å². The van der Waals surface area contributed by atoms with Crippen LogP contribution < -0.4 is 0 Å². The molecule has 0 fully saturated rings. The number of hydrogen-bond acceptors (Lipinski definition) is 2. The Balaban J connectivity index is 3.16. The van der Waals surface area contributed by atoms with Crippen LogP contribution >= 0.6 is 15.9 Å². The van der Waals surface area contributed by atoms with E-state index < -0.39 is 5.97 Å². The van der Waals surface area contributed by atoms with Crippen LogP contribution in [0.2, 0.25) is 0 Å². The van der Waals surface area contributed by atoms with Gasteiger partial charge in [-0.25, -0.2) is 4.79 Å². The van der Waals surface area contributed by atoms with Crippen LogP contribution in [0.25, 0.3) is 6.08 Å². The molecule has 0 aromatic heterocycles. The van der Waals surface area contributed by atoms with Crippen molar-refractivity contribution in [1.29, 1.82) is 0 Å². The largest absolute Gasteiger partial charge is 0.507 e. The van der Waals surface area contributed by atoms with E-state index in [1.807, 2.05) is 0 Å². The Labute approximate surface area is 96.2 Å². The number of phenols is 1. The first-order chi connectivity index (χ1) is 7.04. The molecule has 80 valence electrons. The highest BCUT2D eigenvalue weighted by Gasteiger charge is 2.06. The molecule has 0 aliphatic carbocycles. The van der Waals surface area contributed by atoms with E-state index in [4.69, 9.17) is 5.11 Å². The van der Waals surface area contributed by atoms with Gasteiger partial charge in [0.2, 0.25) is 0 Å². The number of rotatable bonds is 3. The monoisotopic (exact) mass is 270 g/mol. The summed E-state index contributed by atoms with van der Waals surface area (Å²) in [5.74, 6) is -0.887. The molecule has 0 saturated carbocycles. The highest BCUT2D eigenvalue weighted by molar-refractivity contribution is 9.10. The Morgan fingerprint density at radius 2 is 2.20 bits per heavy atom. The van der Waals surface area contributed by atoms with Gasteiger partial charge in [-0.05, 0) is 30.7 Å². The number of aliphatic carboxylic acids is 1. The molecule has 0 aliphatic rings. The van der Waals surface area contributed by atoms with Gasteiger partial charge in [0.25, 0.3) is 0 Å². The molecule has 0 amide bonds. The second-order valence-corrected chi connectivity index (χ2v) is 3.95. The third-order valence-electron chi connectivity index (χ3n) is 1.97. The fourth-order valence-corrected chi connectivity index (χ4v) is 1.52. The lowest BCUT2D eigenvalue weighted by molar-refractivity contribution is -0.132. The summed E-state index contributed by atoms with van der Waals surface area (Å²) in [4.78, 5) is 10.8. The topological polar surface area (TPSA) is 57.5 Å². The minimum atomic E-state index is -0.961. The second-order valence-electron chi connectivity index (χ2n) is 3.03. The average Bonchev–Trinajstić information content (AvgIpc) is 2.18. The van der Waals surface area contributed by atoms with Gasteiger partial charge in [-0.3, -0.25) is 0 Å². The Morgan fingerprint density at radius 3 is 2.73 bits per heavy atom. The fourth-order valence-electron chi connectivity index (χ4n) is 1.14. The molecule has 1 aromatic carbocycles. The maximum atomic E-state index is 10.8. The summed E-state index contributed by atoms with van der Waals surface area (Å²) < 4.78 is 0.799. The van der Waals surface area contributed by atoms with Crippen molar-refractivity contribution in [2.24, 2.45) is 0 Å². The van der Waals surface area contributed by atoms with Crippen molar-refractivity contribution in [3.8, 4) is 5.75 Å². The Kier molecular flexibility index (Phi) is 3.91. The molecule has 0 unspecified atom stereocenters. The van der Waals surface area contributed by atoms with Crippen LogP contribution in [0.15, 0.2) is 28.2 Å². The molecule has 0 aliphatic heterocycles. The zero-order chi connectivity index (χ0) is 11.4. The van der Waals surface area contributed by atoms with Crippen LogP contribution in [-0.2, 0) is 4.79 Å². The minimum Gasteiger partial charge on any atom is -0.507 e. The molecular weight excluding hydrogens is 260 g/mol. The molecule has 0 radical (unpaired) electrons. The van der Waals surface area contributed by atoms with E-state index in [0.29, 0.717) is 12.0 Å². The lowest BCUT2D eigenvalue weighted by Crippen LogP contribution is -1.98. The molecule has 4 heteroatoms. The lowest BCUT2D eigenvalue weighted by Gasteiger charge is -2.02. The normalized spacial score (nSPS) is 11.5. The predicted molar refractivity (Wildman–Crippen MR) is 61.7 cm³/mol. The van der Waals surface area contributed by atoms with E-state index >= 15 is 0 Å². The summed E-state index contributed by atoms with van der Waals surface area (Å²) in [5.41, 5.74) is 0.770. The number of halogens is 1. The summed E-state index contributed by atoms with van der Waals surface area (Å²) >= 11 is 3.26. The van der Waals surface area contributed by atoms with E-state index in [2.05, 4.69) is 15.9 Å². The van der Waals surface area contributed by atoms with Crippen LogP contribution in [0.3, 0.4) is 0 Å². The quantitative estimate of drug-likeness (QED) is 0.831. The van der Waals surface area contributed by atoms with Gasteiger partial charge in [0.15, 0.2) is 0 Å². The molecule has 2 N–H and O–H groups in total. The fraction of sp³-hybridized carbons (Fsp3) is 0.182. The van der Waals surface area contributed by atoms with Crippen LogP contribution in [0, 0.1) is 0 Å². The van der Waals surface area contributed by atoms with Gasteiger partial charge >= 0.3 is 5.97 Å². The summed E-state index contributed by atoms with van der Waals surface area (Å²) in [6, 6.07) is 4.89. The standard InChI is InChI=1S/C11H11BrO3/c1-2-7(11(14)15)5-8-6-9(12)3-4-10(8)13/h3-6,13H,2H2,1H3,(H,14,15). The van der Waals surface area contributed by atoms with Crippen molar-refractivity contribution >= 4 is 28.0 Å². The minimum absolute atomic E-state index is 0.0744. The van der Waals surface area contributed by atoms with Crippen molar-refractivity contribution in [1.82, 2.24) is 0 Å². The van der Waals surface area contributed by atoms with Gasteiger partial charge in [-0.1, -0.05) is 22.9 Å². The van der Waals surface area contributed by atoms with E-state index in [1.165, 1.54) is 12.1 Å². The third-order valence-corrected chi connectivity index (χ3v) is 2.47. The van der Waals surface area contributed by atoms with Gasteiger partial charge in [0, 0.05) is 15.6 Å². The summed E-state index contributed by atoms with van der Waals surface area (Å²) in [6.07, 6.45) is 1.89. The number of phenolic OH excluding ortho intramolecular Hbond substituents is 1. The van der Waals surface area contributed by atoms with Crippen LogP contribution in [0.5, 0.6) is 5.75 Å². The van der Waals surface area contributed by atoms with Gasteiger partial charge in [-0.15, -0.1) is 0 Å². The molecule has 0 atom stereocenters. The van der Waals surface area contributed by atoms with E-state index in [-0.39, 0.29) is 11.3 Å². The first-order valence-corrected chi connectivity index (χ1v) is 5.26. The molecule has 0 spiro atoms. The molecule has 0 bridgehead atoms. The third kappa shape index (κ3) is 3.09. The number of carboxylic acid groups (broad SMARTS) is 1. The lowest BCUT2D eigenvalue weighted by atomic mass is 10.1. The van der Waals surface area contributed by atoms with Crippen molar-refractivity contribution in [2.45, 2.75) is 13.3 Å². The van der Waals surface area contributed by atoms with Gasteiger partial charge in [0.05, 0.1) is 0 Å². The van der Waals surface area contributed by atoms with Crippen LogP contribution in [0.4, 0.5) is 0 Å². The van der Waals surface area contributed by atoms with Crippen LogP contribution in [-0.4, -0.2) is 16.2 Å². The number of aromatic hydroxyl groups is 1. The van der Waals surface area contributed by atoms with Crippen LogP contribution in [0.1, 0.15) is 18.9 Å². The first kappa shape index (κ1) is 11.8. The molecule has 15 heavy (non-hydrogen) atoms.